The van der Waals surface area contributed by atoms with Crippen LogP contribution in [0.25, 0.3) is 0 Å². The van der Waals surface area contributed by atoms with Crippen LogP contribution >= 0.6 is 0 Å². The van der Waals surface area contributed by atoms with Gasteiger partial charge in [-0.1, -0.05) is 323 Å². The molecule has 0 radical (unpaired) electrons. The number of esters is 2. The molecule has 2 unspecified atom stereocenters. The van der Waals surface area contributed by atoms with Gasteiger partial charge in [0.25, 0.3) is 0 Å². The number of carboxylic acids is 2. The normalized spacial score (nSPS) is 11.9. The van der Waals surface area contributed by atoms with Crippen molar-refractivity contribution in [2.75, 3.05) is 0 Å². The topological polar surface area (TPSA) is 133 Å². The minimum Gasteiger partial charge on any atom is -0.550 e. The molecule has 0 aromatic rings. The summed E-state index contributed by atoms with van der Waals surface area (Å²) in [6.45, 7) is 8.82. The van der Waals surface area contributed by atoms with Gasteiger partial charge >= 0.3 is 31.4 Å². The fraction of sp³-hybridized carbons (Fsp3) is 0.943. The second kappa shape index (κ2) is 70.8. The first-order chi connectivity index (χ1) is 38.2. The van der Waals surface area contributed by atoms with Crippen LogP contribution in [0.5, 0.6) is 0 Å². The first kappa shape index (κ1) is 81.7. The molecule has 464 valence electrons. The molecular formula is C70H134O8Zn. The van der Waals surface area contributed by atoms with Crippen LogP contribution in [0.2, 0.25) is 0 Å². The number of aliphatic carboxylic acids is 2. The molecule has 0 aromatic carbocycles. The fourth-order valence-corrected chi connectivity index (χ4v) is 10.9. The van der Waals surface area contributed by atoms with Crippen molar-refractivity contribution < 1.29 is 58.3 Å². The number of carbonyl (C=O) groups is 4. The molecule has 9 heteroatoms. The molecule has 79 heavy (non-hydrogen) atoms. The van der Waals surface area contributed by atoms with E-state index in [1.165, 1.54) is 257 Å². The third kappa shape index (κ3) is 72.6. The van der Waals surface area contributed by atoms with Crippen molar-refractivity contribution in [1.29, 1.82) is 0 Å². The van der Waals surface area contributed by atoms with Crippen molar-refractivity contribution in [2.24, 2.45) is 0 Å². The smallest absolute Gasteiger partial charge is 0.550 e. The maximum Gasteiger partial charge on any atom is 2.00 e. The first-order valence-electron chi connectivity index (χ1n) is 35.0. The molecule has 0 saturated heterocycles. The van der Waals surface area contributed by atoms with Crippen LogP contribution in [-0.2, 0) is 48.1 Å². The zero-order valence-corrected chi connectivity index (χ0v) is 56.5. The zero-order valence-electron chi connectivity index (χ0n) is 53.6. The second-order valence-corrected chi connectivity index (χ2v) is 24.0. The van der Waals surface area contributed by atoms with Crippen molar-refractivity contribution in [3.05, 3.63) is 0 Å². The molecular weight excluding hydrogens is 1030 g/mol. The van der Waals surface area contributed by atoms with E-state index in [-0.39, 0.29) is 56.5 Å². The van der Waals surface area contributed by atoms with Gasteiger partial charge in [-0.2, -0.15) is 0 Å². The van der Waals surface area contributed by atoms with Gasteiger partial charge in [-0.25, -0.2) is 0 Å². The van der Waals surface area contributed by atoms with Gasteiger partial charge in [0.1, 0.15) is 12.2 Å². The largest absolute Gasteiger partial charge is 2.00 e. The van der Waals surface area contributed by atoms with E-state index < -0.39 is 11.9 Å². The summed E-state index contributed by atoms with van der Waals surface area (Å²) in [6.07, 6.45) is 71.8. The van der Waals surface area contributed by atoms with E-state index >= 15 is 0 Å². The monoisotopic (exact) mass is 1170 g/mol. The molecule has 0 heterocycles. The molecule has 0 bridgehead atoms. The van der Waals surface area contributed by atoms with Crippen molar-refractivity contribution in [3.8, 4) is 0 Å². The summed E-state index contributed by atoms with van der Waals surface area (Å²) in [7, 11) is 0. The number of rotatable bonds is 64. The van der Waals surface area contributed by atoms with Gasteiger partial charge in [-0.3, -0.25) is 9.59 Å². The predicted molar refractivity (Wildman–Crippen MR) is 329 cm³/mol. The predicted octanol–water partition coefficient (Wildman–Crippen LogP) is 20.8. The van der Waals surface area contributed by atoms with Crippen molar-refractivity contribution in [3.63, 3.8) is 0 Å². The Labute approximate surface area is 504 Å². The summed E-state index contributed by atoms with van der Waals surface area (Å²) in [5.41, 5.74) is 0. The quantitative estimate of drug-likeness (QED) is 0.0334. The summed E-state index contributed by atoms with van der Waals surface area (Å²) >= 11 is 0. The summed E-state index contributed by atoms with van der Waals surface area (Å²) in [6, 6.07) is 0. The van der Waals surface area contributed by atoms with E-state index in [0.717, 1.165) is 103 Å². The molecule has 0 aromatic heterocycles. The number of ether oxygens (including phenoxy) is 2. The van der Waals surface area contributed by atoms with Gasteiger partial charge in [0, 0.05) is 24.8 Å². The Morgan fingerprint density at radius 3 is 0.595 bits per heavy atom. The van der Waals surface area contributed by atoms with Crippen molar-refractivity contribution >= 4 is 23.9 Å². The standard InChI is InChI=1S/2C35H68O4.Zn/c2*1-3-5-6-7-8-9-10-11-12-17-20-23-26-29-32-35(38)39-33(4-2)30-27-24-21-18-15-13-14-16-19-22-25-28-31-34(36)37;/h2*33H,3-32H2,1-2H3,(H,36,37);/q;;+2/p-2. The van der Waals surface area contributed by atoms with Crippen LogP contribution in [0.3, 0.4) is 0 Å². The number of hydrogen-bond acceptors (Lipinski definition) is 8. The summed E-state index contributed by atoms with van der Waals surface area (Å²) in [5.74, 6) is -1.81. The van der Waals surface area contributed by atoms with Crippen LogP contribution in [0.1, 0.15) is 413 Å². The molecule has 0 aliphatic rings. The average Bonchev–Trinajstić information content (AvgIpc) is 3.42. The molecule has 0 aliphatic heterocycles. The minimum atomic E-state index is -0.920. The van der Waals surface area contributed by atoms with Crippen molar-refractivity contribution in [1.82, 2.24) is 0 Å². The van der Waals surface area contributed by atoms with Gasteiger partial charge in [0.2, 0.25) is 0 Å². The molecule has 8 nitrogen and oxygen atoms in total. The van der Waals surface area contributed by atoms with Crippen LogP contribution in [0.4, 0.5) is 0 Å². The van der Waals surface area contributed by atoms with Crippen LogP contribution < -0.4 is 10.2 Å². The maximum absolute atomic E-state index is 12.2. The average molecular weight is 1170 g/mol. The Morgan fingerprint density at radius 1 is 0.253 bits per heavy atom. The first-order valence-corrected chi connectivity index (χ1v) is 35.0. The third-order valence-electron chi connectivity index (χ3n) is 16.3. The van der Waals surface area contributed by atoms with E-state index in [9.17, 15) is 29.4 Å². The molecule has 0 amide bonds. The van der Waals surface area contributed by atoms with E-state index in [1.54, 1.807) is 0 Å². The Kier molecular flexibility index (Phi) is 73.2. The Bertz CT molecular complexity index is 1140. The molecule has 0 spiro atoms. The number of carboxylic acid groups (broad SMARTS) is 2. The van der Waals surface area contributed by atoms with Crippen LogP contribution in [0.15, 0.2) is 0 Å². The minimum absolute atomic E-state index is 0. The number of hydrogen-bond donors (Lipinski definition) is 0. The zero-order chi connectivity index (χ0) is 57.3. The van der Waals surface area contributed by atoms with Crippen LogP contribution in [-0.4, -0.2) is 36.1 Å². The summed E-state index contributed by atoms with van der Waals surface area (Å²) < 4.78 is 11.5. The van der Waals surface area contributed by atoms with E-state index in [4.69, 9.17) is 9.47 Å². The SMILES string of the molecule is CCCCCCCCCCCCCCCCC(=O)OC(CC)CCCCCCCCCCCCCCC(=O)[O-].CCCCCCCCCCCCCCCCC(=O)OC(CC)CCCCCCCCCCCCCCC(=O)[O-].[Zn+2]. The Morgan fingerprint density at radius 2 is 0.418 bits per heavy atom. The summed E-state index contributed by atoms with van der Waals surface area (Å²) in [4.78, 5) is 45.2. The number of unbranched alkanes of at least 4 members (excludes halogenated alkanes) is 48. The maximum atomic E-state index is 12.2. The molecule has 0 aliphatic carbocycles. The third-order valence-corrected chi connectivity index (χ3v) is 16.3. The molecule has 2 atom stereocenters. The number of carbonyl (C=O) groups excluding carboxylic acids is 4. The van der Waals surface area contributed by atoms with Gasteiger partial charge in [-0.05, 0) is 77.0 Å². The fourth-order valence-electron chi connectivity index (χ4n) is 10.9. The second-order valence-electron chi connectivity index (χ2n) is 24.0. The van der Waals surface area contributed by atoms with Gasteiger partial charge in [-0.15, -0.1) is 0 Å². The van der Waals surface area contributed by atoms with Gasteiger partial charge in [0.05, 0.1) is 0 Å². The van der Waals surface area contributed by atoms with E-state index in [2.05, 4.69) is 27.7 Å². The van der Waals surface area contributed by atoms with Gasteiger partial charge in [0.15, 0.2) is 0 Å². The Hall–Kier alpha value is -1.50. The van der Waals surface area contributed by atoms with Crippen molar-refractivity contribution in [2.45, 2.75) is 425 Å². The van der Waals surface area contributed by atoms with E-state index in [1.807, 2.05) is 0 Å². The van der Waals surface area contributed by atoms with Gasteiger partial charge < -0.3 is 29.3 Å². The van der Waals surface area contributed by atoms with E-state index in [0.29, 0.717) is 12.8 Å². The summed E-state index contributed by atoms with van der Waals surface area (Å²) in [5, 5.41) is 20.7. The molecule has 0 N–H and O–H groups in total. The Balaban J connectivity index is -0.00000144. The molecule has 0 saturated carbocycles. The molecule has 0 fully saturated rings. The molecule has 0 rings (SSSR count). The van der Waals surface area contributed by atoms with Crippen LogP contribution in [0, 0.1) is 0 Å².